The molecule has 0 aliphatic heterocycles. The van der Waals surface area contributed by atoms with Crippen LogP contribution in [-0.2, 0) is 14.9 Å². The van der Waals surface area contributed by atoms with Crippen molar-refractivity contribution in [3.63, 3.8) is 0 Å². The summed E-state index contributed by atoms with van der Waals surface area (Å²) in [5.41, 5.74) is 1.13. The predicted molar refractivity (Wildman–Crippen MR) is 95.7 cm³/mol. The van der Waals surface area contributed by atoms with Crippen molar-refractivity contribution in [1.29, 1.82) is 0 Å². The van der Waals surface area contributed by atoms with Crippen molar-refractivity contribution in [3.8, 4) is 0 Å². The Hall–Kier alpha value is -1.93. The van der Waals surface area contributed by atoms with E-state index in [4.69, 9.17) is 16.4 Å². The predicted octanol–water partition coefficient (Wildman–Crippen LogP) is 3.01. The summed E-state index contributed by atoms with van der Waals surface area (Å²) in [7, 11) is -1.28. The number of rotatable bonds is 6. The monoisotopic (exact) mass is 382 g/mol. The molecular weight excluding hydrogens is 364 g/mol. The Bertz CT molecular complexity index is 853. The molecule has 0 spiro atoms. The van der Waals surface area contributed by atoms with E-state index in [1.54, 1.807) is 18.2 Å². The van der Waals surface area contributed by atoms with Crippen molar-refractivity contribution in [2.75, 3.05) is 14.2 Å². The van der Waals surface area contributed by atoms with E-state index in [9.17, 15) is 13.2 Å². The van der Waals surface area contributed by atoms with Crippen molar-refractivity contribution in [1.82, 2.24) is 9.79 Å². The molecule has 6 nitrogen and oxygen atoms in total. The van der Waals surface area contributed by atoms with Crippen molar-refractivity contribution < 1.29 is 18.0 Å². The number of carbonyl (C=O) groups is 1. The highest BCUT2D eigenvalue weighted by Crippen LogP contribution is 2.19. The molecule has 0 saturated carbocycles. The molecule has 2 aromatic rings. The third-order valence-corrected chi connectivity index (χ3v) is 5.63. The largest absolute Gasteiger partial charge is 0.346 e. The Morgan fingerprint density at radius 3 is 2.44 bits per heavy atom. The molecule has 0 aromatic heterocycles. The maximum atomic E-state index is 12.4. The van der Waals surface area contributed by atoms with Crippen molar-refractivity contribution >= 4 is 27.5 Å². The molecule has 0 bridgehead atoms. The number of nitrogens with zero attached hydrogens (tertiary/aromatic N) is 1. The maximum Gasteiger partial charge on any atom is 0.264 e. The van der Waals surface area contributed by atoms with Gasteiger partial charge in [-0.15, -0.1) is 0 Å². The maximum absolute atomic E-state index is 12.4. The van der Waals surface area contributed by atoms with Gasteiger partial charge in [-0.05, 0) is 42.8 Å². The summed E-state index contributed by atoms with van der Waals surface area (Å²) in [6.07, 6.45) is 0. The third-order valence-electron chi connectivity index (χ3n) is 3.71. The average molecular weight is 383 g/mol. The van der Waals surface area contributed by atoms with Crippen LogP contribution in [0, 0.1) is 0 Å². The number of hydrogen-bond donors (Lipinski definition) is 1. The Balaban J connectivity index is 2.20. The highest BCUT2D eigenvalue weighted by molar-refractivity contribution is 7.89. The lowest BCUT2D eigenvalue weighted by Crippen LogP contribution is -2.28. The van der Waals surface area contributed by atoms with E-state index in [0.717, 1.165) is 10.0 Å². The fourth-order valence-electron chi connectivity index (χ4n) is 2.16. The summed E-state index contributed by atoms with van der Waals surface area (Å²) >= 11 is 5.86. The molecule has 134 valence electrons. The fraction of sp³-hybridized carbons (Fsp3) is 0.235. The molecular formula is C17H19ClN2O4S. The van der Waals surface area contributed by atoms with Crippen LogP contribution in [0.1, 0.15) is 28.9 Å². The Morgan fingerprint density at radius 2 is 1.84 bits per heavy atom. The zero-order valence-electron chi connectivity index (χ0n) is 14.1. The van der Waals surface area contributed by atoms with Gasteiger partial charge in [-0.25, -0.2) is 8.42 Å². The number of hydroxylamine groups is 1. The molecule has 25 heavy (non-hydrogen) atoms. The minimum atomic E-state index is -3.81. The number of halogens is 1. The zero-order chi connectivity index (χ0) is 18.6. The second kappa shape index (κ2) is 7.97. The summed E-state index contributed by atoms with van der Waals surface area (Å²) in [4.78, 5) is 17.1. The molecule has 0 heterocycles. The van der Waals surface area contributed by atoms with Gasteiger partial charge in [0.05, 0.1) is 18.0 Å². The standard InChI is InChI=1S/C17H19ClN2O4S/c1-12(13-7-9-15(18)10-8-13)19-17(21)14-5-4-6-16(11-14)25(22,23)20(2)24-3/h4-12H,1-3H3,(H,19,21)/t12-/m1/s1. The molecule has 0 saturated heterocycles. The average Bonchev–Trinajstić information content (AvgIpc) is 2.61. The SMILES string of the molecule is CON(C)S(=O)(=O)c1cccc(C(=O)N[C@H](C)c2ccc(Cl)cc2)c1. The molecule has 0 fully saturated rings. The number of benzene rings is 2. The molecule has 0 radical (unpaired) electrons. The topological polar surface area (TPSA) is 75.7 Å². The van der Waals surface area contributed by atoms with Gasteiger partial charge in [0.25, 0.3) is 15.9 Å². The minimum Gasteiger partial charge on any atom is -0.346 e. The number of sulfonamides is 1. The van der Waals surface area contributed by atoms with Crippen LogP contribution in [0.3, 0.4) is 0 Å². The molecule has 1 atom stereocenters. The van der Waals surface area contributed by atoms with Crippen LogP contribution in [0.25, 0.3) is 0 Å². The van der Waals surface area contributed by atoms with Gasteiger partial charge in [0.1, 0.15) is 0 Å². The van der Waals surface area contributed by atoms with E-state index >= 15 is 0 Å². The van der Waals surface area contributed by atoms with Crippen LogP contribution in [0.15, 0.2) is 53.4 Å². The van der Waals surface area contributed by atoms with Crippen molar-refractivity contribution in [2.45, 2.75) is 17.9 Å². The van der Waals surface area contributed by atoms with Gasteiger partial charge in [0, 0.05) is 17.6 Å². The van der Waals surface area contributed by atoms with Crippen LogP contribution >= 0.6 is 11.6 Å². The smallest absolute Gasteiger partial charge is 0.264 e. The Labute approximate surface area is 152 Å². The van der Waals surface area contributed by atoms with E-state index in [1.807, 2.05) is 19.1 Å². The lowest BCUT2D eigenvalue weighted by molar-refractivity contribution is -0.0258. The number of nitrogens with one attached hydrogen (secondary N) is 1. The molecule has 0 aliphatic rings. The molecule has 1 N–H and O–H groups in total. The van der Waals surface area contributed by atoms with E-state index < -0.39 is 10.0 Å². The number of carbonyl (C=O) groups excluding carboxylic acids is 1. The highest BCUT2D eigenvalue weighted by Gasteiger charge is 2.22. The first-order valence-corrected chi connectivity index (χ1v) is 9.27. The van der Waals surface area contributed by atoms with E-state index in [0.29, 0.717) is 5.02 Å². The van der Waals surface area contributed by atoms with Gasteiger partial charge < -0.3 is 5.32 Å². The molecule has 0 aliphatic carbocycles. The van der Waals surface area contributed by atoms with Crippen LogP contribution in [0.4, 0.5) is 0 Å². The van der Waals surface area contributed by atoms with Gasteiger partial charge in [0.2, 0.25) is 0 Å². The highest BCUT2D eigenvalue weighted by atomic mass is 35.5. The fourth-order valence-corrected chi connectivity index (χ4v) is 3.30. The molecule has 8 heteroatoms. The Morgan fingerprint density at radius 1 is 1.20 bits per heavy atom. The van der Waals surface area contributed by atoms with Gasteiger partial charge in [-0.2, -0.15) is 0 Å². The summed E-state index contributed by atoms with van der Waals surface area (Å²) in [6.45, 7) is 1.83. The van der Waals surface area contributed by atoms with Crippen LogP contribution in [0.5, 0.6) is 0 Å². The molecule has 0 unspecified atom stereocenters. The number of amides is 1. The van der Waals surface area contributed by atoms with Gasteiger partial charge >= 0.3 is 0 Å². The lowest BCUT2D eigenvalue weighted by atomic mass is 10.1. The second-order valence-electron chi connectivity index (χ2n) is 5.37. The first kappa shape index (κ1) is 19.4. The molecule has 2 aromatic carbocycles. The van der Waals surface area contributed by atoms with Crippen LogP contribution in [0.2, 0.25) is 5.02 Å². The lowest BCUT2D eigenvalue weighted by Gasteiger charge is -2.16. The van der Waals surface area contributed by atoms with Gasteiger partial charge in [-0.1, -0.05) is 34.3 Å². The normalized spacial score (nSPS) is 12.8. The van der Waals surface area contributed by atoms with Crippen molar-refractivity contribution in [3.05, 3.63) is 64.7 Å². The van der Waals surface area contributed by atoms with E-state index in [2.05, 4.69) is 5.32 Å². The van der Waals surface area contributed by atoms with E-state index in [-0.39, 0.29) is 22.4 Å². The zero-order valence-corrected chi connectivity index (χ0v) is 15.6. The Kier molecular flexibility index (Phi) is 6.18. The molecule has 1 amide bonds. The number of hydrogen-bond acceptors (Lipinski definition) is 4. The quantitative estimate of drug-likeness (QED) is 0.779. The van der Waals surface area contributed by atoms with Gasteiger partial charge in [-0.3, -0.25) is 9.63 Å². The summed E-state index contributed by atoms with van der Waals surface area (Å²) in [5.74, 6) is -0.375. The second-order valence-corrected chi connectivity index (χ2v) is 7.74. The third kappa shape index (κ3) is 4.58. The van der Waals surface area contributed by atoms with Gasteiger partial charge in [0.15, 0.2) is 0 Å². The first-order chi connectivity index (χ1) is 11.8. The van der Waals surface area contributed by atoms with Crippen molar-refractivity contribution in [2.24, 2.45) is 0 Å². The molecule has 2 rings (SSSR count). The first-order valence-electron chi connectivity index (χ1n) is 7.45. The van der Waals surface area contributed by atoms with Crippen LogP contribution in [-0.4, -0.2) is 33.0 Å². The minimum absolute atomic E-state index is 0.0244. The summed E-state index contributed by atoms with van der Waals surface area (Å²) < 4.78 is 25.3. The summed E-state index contributed by atoms with van der Waals surface area (Å²) in [5, 5.41) is 3.45. The summed E-state index contributed by atoms with van der Waals surface area (Å²) in [6, 6.07) is 12.7. The van der Waals surface area contributed by atoms with Crippen LogP contribution < -0.4 is 5.32 Å². The van der Waals surface area contributed by atoms with E-state index in [1.165, 1.54) is 32.4 Å².